The van der Waals surface area contributed by atoms with Crippen molar-refractivity contribution in [3.63, 3.8) is 0 Å². The molecule has 1 amide bonds. The molecule has 0 N–H and O–H groups in total. The minimum absolute atomic E-state index is 0.0717. The first-order valence-corrected chi connectivity index (χ1v) is 10.5. The standard InChI is InChI=1S/C24H21ClN4O4/c1-16-4-3-11-28-14-19(26-23(16)28)15-33-21-8-5-17(6-9-21)24(30)27(2)13-18-12-20(29(31)32)7-10-22(18)25/h3-12,14H,13,15H2,1-2H3. The second-order valence-corrected chi connectivity index (χ2v) is 8.07. The smallest absolute Gasteiger partial charge is 0.269 e. The first kappa shape index (κ1) is 22.3. The van der Waals surface area contributed by atoms with E-state index in [1.54, 1.807) is 31.3 Å². The van der Waals surface area contributed by atoms with Crippen molar-refractivity contribution in [2.24, 2.45) is 0 Å². The number of benzene rings is 2. The molecule has 0 saturated carbocycles. The molecule has 8 nitrogen and oxygen atoms in total. The Morgan fingerprint density at radius 2 is 1.97 bits per heavy atom. The van der Waals surface area contributed by atoms with Crippen LogP contribution in [0.25, 0.3) is 5.65 Å². The van der Waals surface area contributed by atoms with Gasteiger partial charge in [0.2, 0.25) is 0 Å². The molecule has 9 heteroatoms. The van der Waals surface area contributed by atoms with Gasteiger partial charge in [-0.2, -0.15) is 0 Å². The Balaban J connectivity index is 1.39. The van der Waals surface area contributed by atoms with E-state index in [4.69, 9.17) is 16.3 Å². The van der Waals surface area contributed by atoms with E-state index in [0.29, 0.717) is 28.5 Å². The summed E-state index contributed by atoms with van der Waals surface area (Å²) in [6.07, 6.45) is 3.87. The highest BCUT2D eigenvalue weighted by Gasteiger charge is 2.16. The molecule has 168 valence electrons. The Morgan fingerprint density at radius 1 is 1.21 bits per heavy atom. The molecule has 0 fully saturated rings. The minimum Gasteiger partial charge on any atom is -0.487 e. The Kier molecular flexibility index (Phi) is 6.28. The normalized spacial score (nSPS) is 10.9. The molecule has 0 aliphatic heterocycles. The maximum atomic E-state index is 12.8. The second kappa shape index (κ2) is 9.30. The van der Waals surface area contributed by atoms with Crippen LogP contribution in [0.3, 0.4) is 0 Å². The van der Waals surface area contributed by atoms with E-state index in [1.807, 2.05) is 35.9 Å². The van der Waals surface area contributed by atoms with Gasteiger partial charge >= 0.3 is 0 Å². The van der Waals surface area contributed by atoms with E-state index in [0.717, 1.165) is 16.9 Å². The van der Waals surface area contributed by atoms with Gasteiger partial charge in [0.05, 0.1) is 10.6 Å². The molecule has 0 atom stereocenters. The molecule has 0 unspecified atom stereocenters. The highest BCUT2D eigenvalue weighted by atomic mass is 35.5. The third-order valence-electron chi connectivity index (χ3n) is 5.21. The number of aromatic nitrogens is 2. The molecular weight excluding hydrogens is 444 g/mol. The third-order valence-corrected chi connectivity index (χ3v) is 5.58. The summed E-state index contributed by atoms with van der Waals surface area (Å²) < 4.78 is 7.78. The number of rotatable bonds is 7. The fourth-order valence-corrected chi connectivity index (χ4v) is 3.65. The molecule has 0 aliphatic rings. The number of ether oxygens (including phenoxy) is 1. The Morgan fingerprint density at radius 3 is 2.67 bits per heavy atom. The molecule has 2 aromatic heterocycles. The summed E-state index contributed by atoms with van der Waals surface area (Å²) >= 11 is 6.15. The Labute approximate surface area is 195 Å². The van der Waals surface area contributed by atoms with E-state index in [1.165, 1.54) is 23.1 Å². The van der Waals surface area contributed by atoms with Crippen molar-refractivity contribution < 1.29 is 14.5 Å². The zero-order chi connectivity index (χ0) is 23.5. The second-order valence-electron chi connectivity index (χ2n) is 7.66. The van der Waals surface area contributed by atoms with Crippen LogP contribution in [-0.2, 0) is 13.2 Å². The molecule has 2 heterocycles. The van der Waals surface area contributed by atoms with Gasteiger partial charge in [0.1, 0.15) is 18.0 Å². The van der Waals surface area contributed by atoms with Crippen LogP contribution in [0.1, 0.15) is 27.2 Å². The fraction of sp³-hybridized carbons (Fsp3) is 0.167. The van der Waals surface area contributed by atoms with Gasteiger partial charge in [-0.15, -0.1) is 0 Å². The number of carbonyl (C=O) groups is 1. The molecule has 0 spiro atoms. The van der Waals surface area contributed by atoms with Gasteiger partial charge in [-0.25, -0.2) is 4.98 Å². The molecule has 4 rings (SSSR count). The number of nitro groups is 1. The number of hydrogen-bond donors (Lipinski definition) is 0. The van der Waals surface area contributed by atoms with Crippen LogP contribution in [0.15, 0.2) is 67.0 Å². The van der Waals surface area contributed by atoms with Crippen LogP contribution in [0.4, 0.5) is 5.69 Å². The van der Waals surface area contributed by atoms with Crippen LogP contribution in [0.5, 0.6) is 5.75 Å². The summed E-state index contributed by atoms with van der Waals surface area (Å²) in [6, 6.07) is 15.0. The van der Waals surface area contributed by atoms with Gasteiger partial charge in [0.25, 0.3) is 11.6 Å². The zero-order valence-corrected chi connectivity index (χ0v) is 18.8. The van der Waals surface area contributed by atoms with Gasteiger partial charge in [-0.1, -0.05) is 17.7 Å². The van der Waals surface area contributed by atoms with Gasteiger partial charge in [0, 0.05) is 48.7 Å². The van der Waals surface area contributed by atoms with E-state index >= 15 is 0 Å². The maximum absolute atomic E-state index is 12.8. The number of imidazole rings is 1. The van der Waals surface area contributed by atoms with Crippen molar-refractivity contribution in [1.29, 1.82) is 0 Å². The van der Waals surface area contributed by atoms with Crippen LogP contribution in [-0.4, -0.2) is 32.2 Å². The van der Waals surface area contributed by atoms with E-state index < -0.39 is 4.92 Å². The summed E-state index contributed by atoms with van der Waals surface area (Å²) in [7, 11) is 1.62. The van der Waals surface area contributed by atoms with Gasteiger partial charge in [-0.3, -0.25) is 14.9 Å². The van der Waals surface area contributed by atoms with Gasteiger partial charge < -0.3 is 14.0 Å². The molecule has 0 bridgehead atoms. The van der Waals surface area contributed by atoms with Crippen LogP contribution in [0, 0.1) is 17.0 Å². The number of hydrogen-bond acceptors (Lipinski definition) is 5. The van der Waals surface area contributed by atoms with E-state index in [9.17, 15) is 14.9 Å². The van der Waals surface area contributed by atoms with Crippen molar-refractivity contribution in [2.45, 2.75) is 20.1 Å². The lowest BCUT2D eigenvalue weighted by molar-refractivity contribution is -0.384. The number of amides is 1. The van der Waals surface area contributed by atoms with Crippen molar-refractivity contribution in [2.75, 3.05) is 7.05 Å². The Hall–Kier alpha value is -3.91. The zero-order valence-electron chi connectivity index (χ0n) is 18.1. The molecule has 0 radical (unpaired) electrons. The topological polar surface area (TPSA) is 90.0 Å². The molecule has 4 aromatic rings. The number of nitrogens with zero attached hydrogens (tertiary/aromatic N) is 4. The summed E-state index contributed by atoms with van der Waals surface area (Å²) in [5.41, 5.74) is 3.68. The lowest BCUT2D eigenvalue weighted by Gasteiger charge is -2.18. The first-order valence-electron chi connectivity index (χ1n) is 10.2. The molecule has 0 aliphatic carbocycles. The number of halogens is 1. The average molecular weight is 465 g/mol. The molecule has 0 saturated heterocycles. The number of nitro benzene ring substituents is 1. The first-order chi connectivity index (χ1) is 15.8. The SMILES string of the molecule is Cc1cccn2cc(COc3ccc(C(=O)N(C)Cc4cc([N+](=O)[O-])ccc4Cl)cc3)nc12. The number of non-ortho nitro benzene ring substituents is 1. The van der Waals surface area contributed by atoms with Crippen molar-refractivity contribution in [1.82, 2.24) is 14.3 Å². The average Bonchev–Trinajstić information content (AvgIpc) is 3.23. The molecule has 2 aromatic carbocycles. The molecular formula is C24H21ClN4O4. The van der Waals surface area contributed by atoms with Gasteiger partial charge in [-0.05, 0) is 54.4 Å². The highest BCUT2D eigenvalue weighted by molar-refractivity contribution is 6.31. The number of fused-ring (bicyclic) bond motifs is 1. The lowest BCUT2D eigenvalue weighted by atomic mass is 10.1. The monoisotopic (exact) mass is 464 g/mol. The summed E-state index contributed by atoms with van der Waals surface area (Å²) in [4.78, 5) is 29.4. The van der Waals surface area contributed by atoms with Crippen molar-refractivity contribution in [3.8, 4) is 5.75 Å². The number of aryl methyl sites for hydroxylation is 1. The van der Waals surface area contributed by atoms with Crippen LogP contribution >= 0.6 is 11.6 Å². The summed E-state index contributed by atoms with van der Waals surface area (Å²) in [5.74, 6) is 0.379. The summed E-state index contributed by atoms with van der Waals surface area (Å²) in [6.45, 7) is 2.46. The lowest BCUT2D eigenvalue weighted by Crippen LogP contribution is -2.26. The van der Waals surface area contributed by atoms with Crippen LogP contribution in [0.2, 0.25) is 5.02 Å². The number of carbonyl (C=O) groups excluding carboxylic acids is 1. The number of pyridine rings is 1. The summed E-state index contributed by atoms with van der Waals surface area (Å²) in [5, 5.41) is 11.4. The largest absolute Gasteiger partial charge is 0.487 e. The van der Waals surface area contributed by atoms with Crippen LogP contribution < -0.4 is 4.74 Å². The van der Waals surface area contributed by atoms with Crippen molar-refractivity contribution in [3.05, 3.63) is 105 Å². The maximum Gasteiger partial charge on any atom is 0.269 e. The van der Waals surface area contributed by atoms with Crippen molar-refractivity contribution >= 4 is 28.8 Å². The fourth-order valence-electron chi connectivity index (χ4n) is 3.47. The van der Waals surface area contributed by atoms with E-state index in [-0.39, 0.29) is 18.1 Å². The van der Waals surface area contributed by atoms with E-state index in [2.05, 4.69) is 4.98 Å². The quantitative estimate of drug-likeness (QED) is 0.282. The van der Waals surface area contributed by atoms with Gasteiger partial charge in [0.15, 0.2) is 0 Å². The predicted molar refractivity (Wildman–Crippen MR) is 125 cm³/mol. The minimum atomic E-state index is -0.492. The Bertz CT molecular complexity index is 1330. The highest BCUT2D eigenvalue weighted by Crippen LogP contribution is 2.24. The third kappa shape index (κ3) is 4.96. The molecule has 33 heavy (non-hydrogen) atoms. The predicted octanol–water partition coefficient (Wildman–Crippen LogP) is 5.06.